The summed E-state index contributed by atoms with van der Waals surface area (Å²) in [6.07, 6.45) is 3.53. The molecule has 0 atom stereocenters. The highest BCUT2D eigenvalue weighted by Crippen LogP contribution is 2.35. The molecule has 2 aliphatic heterocycles. The van der Waals surface area contributed by atoms with Crippen LogP contribution in [0.2, 0.25) is 0 Å². The van der Waals surface area contributed by atoms with Crippen molar-refractivity contribution in [3.05, 3.63) is 59.7 Å². The Balaban J connectivity index is 1.83. The molecule has 0 unspecified atom stereocenters. The fourth-order valence-corrected chi connectivity index (χ4v) is 3.35. The maximum absolute atomic E-state index is 4.88. The molecular formula is C18H18N2. The molecule has 2 heteroatoms. The first-order valence-electron chi connectivity index (χ1n) is 7.42. The maximum Gasteiger partial charge on any atom is 0.0633 e. The number of rotatable bonds is 1. The Kier molecular flexibility index (Phi) is 2.80. The van der Waals surface area contributed by atoms with Crippen LogP contribution in [-0.2, 0) is 6.42 Å². The van der Waals surface area contributed by atoms with Gasteiger partial charge in [-0.3, -0.25) is 4.99 Å². The minimum atomic E-state index is 1.05. The van der Waals surface area contributed by atoms with Crippen molar-refractivity contribution < 1.29 is 0 Å². The lowest BCUT2D eigenvalue weighted by molar-refractivity contribution is 0.688. The second-order valence-corrected chi connectivity index (χ2v) is 5.55. The summed E-state index contributed by atoms with van der Waals surface area (Å²) < 4.78 is 0. The van der Waals surface area contributed by atoms with Gasteiger partial charge in [-0.05, 0) is 30.5 Å². The molecule has 0 spiro atoms. The number of para-hydroxylation sites is 2. The SMILES string of the molecule is c1ccc(N=C2CCN3CCCc4cccc2c43)cc1. The van der Waals surface area contributed by atoms with Crippen LogP contribution in [0, 0.1) is 0 Å². The highest BCUT2D eigenvalue weighted by Gasteiger charge is 2.26. The van der Waals surface area contributed by atoms with Gasteiger partial charge in [-0.2, -0.15) is 0 Å². The van der Waals surface area contributed by atoms with Gasteiger partial charge in [-0.1, -0.05) is 36.4 Å². The van der Waals surface area contributed by atoms with Crippen molar-refractivity contribution >= 4 is 17.1 Å². The topological polar surface area (TPSA) is 15.6 Å². The van der Waals surface area contributed by atoms with Crippen LogP contribution in [-0.4, -0.2) is 18.8 Å². The molecule has 0 bridgehead atoms. The number of aliphatic imine (C=N–C) groups is 1. The lowest BCUT2D eigenvalue weighted by Gasteiger charge is -2.37. The summed E-state index contributed by atoms with van der Waals surface area (Å²) in [6, 6.07) is 17.0. The highest BCUT2D eigenvalue weighted by molar-refractivity contribution is 6.08. The Morgan fingerprint density at radius 2 is 1.75 bits per heavy atom. The predicted molar refractivity (Wildman–Crippen MR) is 84.2 cm³/mol. The molecule has 100 valence electrons. The van der Waals surface area contributed by atoms with Crippen molar-refractivity contribution in [2.75, 3.05) is 18.0 Å². The van der Waals surface area contributed by atoms with Gasteiger partial charge >= 0.3 is 0 Å². The summed E-state index contributed by atoms with van der Waals surface area (Å²) in [5.74, 6) is 0. The molecule has 2 heterocycles. The molecule has 0 N–H and O–H groups in total. The first-order valence-corrected chi connectivity index (χ1v) is 7.42. The zero-order valence-corrected chi connectivity index (χ0v) is 11.5. The third kappa shape index (κ3) is 1.92. The average molecular weight is 262 g/mol. The van der Waals surface area contributed by atoms with Crippen LogP contribution in [0.15, 0.2) is 53.5 Å². The van der Waals surface area contributed by atoms with E-state index in [0.717, 1.165) is 18.7 Å². The molecule has 0 aromatic heterocycles. The number of anilines is 1. The highest BCUT2D eigenvalue weighted by atomic mass is 15.1. The molecule has 0 aliphatic carbocycles. The number of hydrogen-bond acceptors (Lipinski definition) is 2. The summed E-state index contributed by atoms with van der Waals surface area (Å²) >= 11 is 0. The first kappa shape index (κ1) is 11.7. The monoisotopic (exact) mass is 262 g/mol. The van der Waals surface area contributed by atoms with Crippen LogP contribution in [0.5, 0.6) is 0 Å². The van der Waals surface area contributed by atoms with Gasteiger partial charge in [-0.25, -0.2) is 0 Å². The van der Waals surface area contributed by atoms with Crippen LogP contribution in [0.3, 0.4) is 0 Å². The Morgan fingerprint density at radius 3 is 2.65 bits per heavy atom. The van der Waals surface area contributed by atoms with Crippen molar-refractivity contribution in [1.29, 1.82) is 0 Å². The normalized spacial score (nSPS) is 19.0. The van der Waals surface area contributed by atoms with Crippen molar-refractivity contribution in [3.63, 3.8) is 0 Å². The molecule has 2 aromatic rings. The van der Waals surface area contributed by atoms with E-state index >= 15 is 0 Å². The van der Waals surface area contributed by atoms with E-state index in [1.807, 2.05) is 6.07 Å². The molecule has 2 aliphatic rings. The van der Waals surface area contributed by atoms with Crippen LogP contribution in [0.4, 0.5) is 11.4 Å². The molecule has 0 amide bonds. The van der Waals surface area contributed by atoms with Gasteiger partial charge in [-0.15, -0.1) is 0 Å². The van der Waals surface area contributed by atoms with Crippen molar-refractivity contribution in [3.8, 4) is 0 Å². The van der Waals surface area contributed by atoms with Gasteiger partial charge in [0.15, 0.2) is 0 Å². The van der Waals surface area contributed by atoms with E-state index < -0.39 is 0 Å². The first-order chi connectivity index (χ1) is 9.92. The van der Waals surface area contributed by atoms with Crippen LogP contribution in [0.25, 0.3) is 0 Å². The fraction of sp³-hybridized carbons (Fsp3) is 0.278. The van der Waals surface area contributed by atoms with Crippen molar-refractivity contribution in [2.45, 2.75) is 19.3 Å². The summed E-state index contributed by atoms with van der Waals surface area (Å²) in [5, 5.41) is 0. The van der Waals surface area contributed by atoms with E-state index in [1.54, 1.807) is 0 Å². The van der Waals surface area contributed by atoms with Gasteiger partial charge in [0.05, 0.1) is 11.4 Å². The molecule has 0 radical (unpaired) electrons. The molecule has 20 heavy (non-hydrogen) atoms. The Labute approximate surface area is 119 Å². The second-order valence-electron chi connectivity index (χ2n) is 5.55. The summed E-state index contributed by atoms with van der Waals surface area (Å²) in [6.45, 7) is 2.30. The Morgan fingerprint density at radius 1 is 0.850 bits per heavy atom. The predicted octanol–water partition coefficient (Wildman–Crippen LogP) is 3.96. The number of aryl methyl sites for hydroxylation is 1. The maximum atomic E-state index is 4.88. The van der Waals surface area contributed by atoms with Gasteiger partial charge in [0.1, 0.15) is 0 Å². The van der Waals surface area contributed by atoms with E-state index in [-0.39, 0.29) is 0 Å². The molecule has 0 saturated heterocycles. The summed E-state index contributed by atoms with van der Waals surface area (Å²) in [4.78, 5) is 7.42. The molecule has 2 nitrogen and oxygen atoms in total. The standard InChI is InChI=1S/C18H18N2/c1-2-8-15(9-3-1)19-17-11-13-20-12-5-7-14-6-4-10-16(17)18(14)20/h1-4,6,8-10H,5,7,11-13H2. The summed E-state index contributed by atoms with van der Waals surface area (Å²) in [7, 11) is 0. The zero-order valence-electron chi connectivity index (χ0n) is 11.5. The van der Waals surface area contributed by atoms with E-state index in [1.165, 1.54) is 41.9 Å². The number of nitrogens with zero attached hydrogens (tertiary/aromatic N) is 2. The van der Waals surface area contributed by atoms with Gasteiger partial charge in [0.2, 0.25) is 0 Å². The van der Waals surface area contributed by atoms with Crippen molar-refractivity contribution in [2.24, 2.45) is 4.99 Å². The van der Waals surface area contributed by atoms with E-state index in [4.69, 9.17) is 4.99 Å². The van der Waals surface area contributed by atoms with Gasteiger partial charge in [0, 0.05) is 30.8 Å². The third-order valence-electron chi connectivity index (χ3n) is 4.26. The minimum Gasteiger partial charge on any atom is -0.370 e. The Hall–Kier alpha value is -2.09. The van der Waals surface area contributed by atoms with Gasteiger partial charge < -0.3 is 4.90 Å². The molecule has 0 fully saturated rings. The van der Waals surface area contributed by atoms with Gasteiger partial charge in [0.25, 0.3) is 0 Å². The van der Waals surface area contributed by atoms with E-state index in [9.17, 15) is 0 Å². The average Bonchev–Trinajstić information content (AvgIpc) is 2.51. The fourth-order valence-electron chi connectivity index (χ4n) is 3.35. The van der Waals surface area contributed by atoms with Crippen LogP contribution in [0.1, 0.15) is 24.0 Å². The molecule has 2 aromatic carbocycles. The van der Waals surface area contributed by atoms with Crippen LogP contribution < -0.4 is 4.90 Å². The molecular weight excluding hydrogens is 244 g/mol. The number of benzene rings is 2. The molecule has 0 saturated carbocycles. The van der Waals surface area contributed by atoms with Crippen molar-refractivity contribution in [1.82, 2.24) is 0 Å². The molecule has 4 rings (SSSR count). The third-order valence-corrected chi connectivity index (χ3v) is 4.26. The lowest BCUT2D eigenvalue weighted by Crippen LogP contribution is -2.36. The quantitative estimate of drug-likeness (QED) is 0.759. The van der Waals surface area contributed by atoms with Crippen LogP contribution >= 0.6 is 0 Å². The second kappa shape index (κ2) is 4.78. The summed E-state index contributed by atoms with van der Waals surface area (Å²) in [5.41, 5.74) is 6.58. The smallest absolute Gasteiger partial charge is 0.0633 e. The minimum absolute atomic E-state index is 1.05. The lowest BCUT2D eigenvalue weighted by atomic mass is 9.91. The zero-order chi connectivity index (χ0) is 13.4. The largest absolute Gasteiger partial charge is 0.370 e. The van der Waals surface area contributed by atoms with E-state index in [0.29, 0.717) is 0 Å². The number of hydrogen-bond donors (Lipinski definition) is 0. The van der Waals surface area contributed by atoms with E-state index in [2.05, 4.69) is 47.4 Å². The Bertz CT molecular complexity index is 658.